The second kappa shape index (κ2) is 9.93. The van der Waals surface area contributed by atoms with Gasteiger partial charge in [0.2, 0.25) is 0 Å². The molecule has 1 N–H and O–H groups in total. The molecule has 0 atom stereocenters. The van der Waals surface area contributed by atoms with Crippen LogP contribution in [0.1, 0.15) is 12.8 Å². The molecule has 0 spiro atoms. The number of ether oxygens (including phenoxy) is 2. The summed E-state index contributed by atoms with van der Waals surface area (Å²) in [6, 6.07) is 14.0. The molecule has 0 bridgehead atoms. The molecular formula is C22H20ClNO6. The van der Waals surface area contributed by atoms with Gasteiger partial charge in [-0.15, -0.1) is 0 Å². The number of rotatable bonds is 8. The molecule has 3 rings (SSSR count). The van der Waals surface area contributed by atoms with Crippen molar-refractivity contribution < 1.29 is 23.5 Å². The van der Waals surface area contributed by atoms with Crippen LogP contribution in [0.5, 0.6) is 5.75 Å². The highest BCUT2D eigenvalue weighted by Gasteiger charge is 2.13. The zero-order chi connectivity index (χ0) is 21.5. The van der Waals surface area contributed by atoms with E-state index in [-0.39, 0.29) is 35.7 Å². The van der Waals surface area contributed by atoms with E-state index < -0.39 is 5.63 Å². The number of carbonyl (C=O) groups is 2. The van der Waals surface area contributed by atoms with E-state index in [0.717, 1.165) is 5.56 Å². The summed E-state index contributed by atoms with van der Waals surface area (Å²) in [6.45, 7) is 0.0457. The average molecular weight is 430 g/mol. The number of amides is 1. The van der Waals surface area contributed by atoms with Crippen molar-refractivity contribution in [2.75, 3.05) is 20.3 Å². The largest absolute Gasteiger partial charge is 0.482 e. The fourth-order valence-electron chi connectivity index (χ4n) is 2.89. The van der Waals surface area contributed by atoms with Gasteiger partial charge in [0, 0.05) is 30.5 Å². The van der Waals surface area contributed by atoms with Crippen molar-refractivity contribution in [3.05, 3.63) is 64.0 Å². The molecular weight excluding hydrogens is 410 g/mol. The zero-order valence-electron chi connectivity index (χ0n) is 16.3. The molecule has 3 aromatic rings. The molecule has 0 aliphatic rings. The Morgan fingerprint density at radius 1 is 1.13 bits per heavy atom. The number of esters is 1. The lowest BCUT2D eigenvalue weighted by molar-refractivity contribution is -0.140. The minimum atomic E-state index is -0.502. The van der Waals surface area contributed by atoms with Crippen LogP contribution >= 0.6 is 11.6 Å². The number of methoxy groups -OCH3 is 1. The molecule has 0 aliphatic carbocycles. The van der Waals surface area contributed by atoms with E-state index in [1.807, 2.05) is 30.3 Å². The van der Waals surface area contributed by atoms with Gasteiger partial charge in [-0.2, -0.15) is 0 Å². The van der Waals surface area contributed by atoms with Crippen LogP contribution in [0.25, 0.3) is 22.1 Å². The summed E-state index contributed by atoms with van der Waals surface area (Å²) in [6.07, 6.45) is 0.680. The second-order valence-corrected chi connectivity index (χ2v) is 6.85. The molecule has 1 heterocycles. The molecule has 0 fully saturated rings. The molecule has 0 aliphatic heterocycles. The lowest BCUT2D eigenvalue weighted by Crippen LogP contribution is -2.30. The third kappa shape index (κ3) is 5.39. The second-order valence-electron chi connectivity index (χ2n) is 6.44. The van der Waals surface area contributed by atoms with Gasteiger partial charge in [0.15, 0.2) is 6.61 Å². The maximum absolute atomic E-state index is 12.0. The van der Waals surface area contributed by atoms with Gasteiger partial charge in [-0.05, 0) is 23.6 Å². The fraction of sp³-hybridized carbons (Fsp3) is 0.227. The molecule has 1 amide bonds. The maximum atomic E-state index is 12.0. The average Bonchev–Trinajstić information content (AvgIpc) is 2.75. The Balaban J connectivity index is 1.72. The number of fused-ring (bicyclic) bond motifs is 1. The summed E-state index contributed by atoms with van der Waals surface area (Å²) in [5.41, 5.74) is 1.35. The van der Waals surface area contributed by atoms with Crippen LogP contribution in [-0.2, 0) is 14.3 Å². The van der Waals surface area contributed by atoms with Gasteiger partial charge < -0.3 is 19.2 Å². The highest BCUT2D eigenvalue weighted by Crippen LogP contribution is 2.34. The van der Waals surface area contributed by atoms with Crippen LogP contribution in [0.4, 0.5) is 0 Å². The lowest BCUT2D eigenvalue weighted by Gasteiger charge is -2.11. The third-order valence-electron chi connectivity index (χ3n) is 4.35. The van der Waals surface area contributed by atoms with E-state index in [4.69, 9.17) is 20.8 Å². The molecule has 0 radical (unpaired) electrons. The van der Waals surface area contributed by atoms with E-state index >= 15 is 0 Å². The molecule has 8 heteroatoms. The van der Waals surface area contributed by atoms with Gasteiger partial charge >= 0.3 is 11.6 Å². The predicted molar refractivity (Wildman–Crippen MR) is 113 cm³/mol. The van der Waals surface area contributed by atoms with E-state index in [0.29, 0.717) is 29.5 Å². The smallest absolute Gasteiger partial charge is 0.336 e. The Hall–Kier alpha value is -3.32. The van der Waals surface area contributed by atoms with Crippen molar-refractivity contribution in [2.45, 2.75) is 12.8 Å². The van der Waals surface area contributed by atoms with E-state index in [1.54, 1.807) is 6.07 Å². The third-order valence-corrected chi connectivity index (χ3v) is 4.64. The van der Waals surface area contributed by atoms with Crippen molar-refractivity contribution in [3.63, 3.8) is 0 Å². The van der Waals surface area contributed by atoms with Gasteiger partial charge in [0.25, 0.3) is 5.91 Å². The topological polar surface area (TPSA) is 94.8 Å². The summed E-state index contributed by atoms with van der Waals surface area (Å²) in [5, 5.41) is 3.58. The van der Waals surface area contributed by atoms with Gasteiger partial charge in [0.1, 0.15) is 11.3 Å². The summed E-state index contributed by atoms with van der Waals surface area (Å²) in [5.74, 6) is -0.474. The number of benzene rings is 2. The first kappa shape index (κ1) is 21.4. The number of hydrogen-bond donors (Lipinski definition) is 1. The van der Waals surface area contributed by atoms with E-state index in [1.165, 1.54) is 19.2 Å². The van der Waals surface area contributed by atoms with E-state index in [2.05, 4.69) is 10.1 Å². The number of halogens is 1. The molecule has 1 aromatic heterocycles. The predicted octanol–water partition coefficient (Wildman–Crippen LogP) is 3.56. The first-order chi connectivity index (χ1) is 14.5. The highest BCUT2D eigenvalue weighted by molar-refractivity contribution is 6.33. The lowest BCUT2D eigenvalue weighted by atomic mass is 10.0. The molecule has 2 aromatic carbocycles. The molecule has 30 heavy (non-hydrogen) atoms. The SMILES string of the molecule is COC(=O)CCCNC(=O)COc1cc2oc(=O)cc(-c3ccccc3)c2cc1Cl. The van der Waals surface area contributed by atoms with Gasteiger partial charge in [-0.25, -0.2) is 4.79 Å². The standard InChI is InChI=1S/C22H20ClNO6/c1-28-21(26)8-5-9-24-20(25)13-29-19-12-18-16(10-17(19)23)15(11-22(27)30-18)14-6-3-2-4-7-14/h2-4,6-7,10-12H,5,8-9,13H2,1H3,(H,24,25). The van der Waals surface area contributed by atoms with Crippen molar-refractivity contribution in [2.24, 2.45) is 0 Å². The van der Waals surface area contributed by atoms with Crippen molar-refractivity contribution in [1.29, 1.82) is 0 Å². The minimum absolute atomic E-state index is 0.219. The summed E-state index contributed by atoms with van der Waals surface area (Å²) < 4.78 is 15.3. The van der Waals surface area contributed by atoms with Crippen molar-refractivity contribution in [1.82, 2.24) is 5.32 Å². The normalized spacial score (nSPS) is 10.6. The Kier molecular flexibility index (Phi) is 7.08. The molecule has 7 nitrogen and oxygen atoms in total. The van der Waals surface area contributed by atoms with Gasteiger partial charge in [-0.3, -0.25) is 9.59 Å². The van der Waals surface area contributed by atoms with Crippen LogP contribution in [0.3, 0.4) is 0 Å². The van der Waals surface area contributed by atoms with Crippen LogP contribution in [0.15, 0.2) is 57.7 Å². The number of carbonyl (C=O) groups excluding carboxylic acids is 2. The zero-order valence-corrected chi connectivity index (χ0v) is 17.0. The molecule has 0 saturated heterocycles. The Labute approximate surface area is 177 Å². The molecule has 156 valence electrons. The van der Waals surface area contributed by atoms with Crippen LogP contribution in [0, 0.1) is 0 Å². The van der Waals surface area contributed by atoms with Gasteiger partial charge in [-0.1, -0.05) is 41.9 Å². The van der Waals surface area contributed by atoms with Crippen LogP contribution in [0.2, 0.25) is 5.02 Å². The Bertz CT molecular complexity index is 1110. The number of hydrogen-bond acceptors (Lipinski definition) is 6. The summed E-state index contributed by atoms with van der Waals surface area (Å²) in [7, 11) is 1.31. The fourth-order valence-corrected chi connectivity index (χ4v) is 3.11. The van der Waals surface area contributed by atoms with E-state index in [9.17, 15) is 14.4 Å². The quantitative estimate of drug-likeness (QED) is 0.334. The first-order valence-electron chi connectivity index (χ1n) is 9.27. The first-order valence-corrected chi connectivity index (χ1v) is 9.65. The summed E-state index contributed by atoms with van der Waals surface area (Å²) >= 11 is 6.34. The maximum Gasteiger partial charge on any atom is 0.336 e. The monoisotopic (exact) mass is 429 g/mol. The minimum Gasteiger partial charge on any atom is -0.482 e. The van der Waals surface area contributed by atoms with Crippen molar-refractivity contribution in [3.8, 4) is 16.9 Å². The highest BCUT2D eigenvalue weighted by atomic mass is 35.5. The van der Waals surface area contributed by atoms with Crippen LogP contribution < -0.4 is 15.7 Å². The molecule has 0 saturated carbocycles. The Morgan fingerprint density at radius 2 is 1.90 bits per heavy atom. The molecule has 0 unspecified atom stereocenters. The Morgan fingerprint density at radius 3 is 2.63 bits per heavy atom. The van der Waals surface area contributed by atoms with Crippen LogP contribution in [-0.4, -0.2) is 32.1 Å². The van der Waals surface area contributed by atoms with Crippen molar-refractivity contribution >= 4 is 34.4 Å². The number of nitrogens with one attached hydrogen (secondary N) is 1. The van der Waals surface area contributed by atoms with Gasteiger partial charge in [0.05, 0.1) is 12.1 Å². The summed E-state index contributed by atoms with van der Waals surface area (Å²) in [4.78, 5) is 35.0.